The summed E-state index contributed by atoms with van der Waals surface area (Å²) in [4.78, 5) is 4.16. The minimum absolute atomic E-state index is 0. The van der Waals surface area contributed by atoms with E-state index in [0.29, 0.717) is 0 Å². The van der Waals surface area contributed by atoms with Crippen LogP contribution in [0.15, 0.2) is 0 Å². The van der Waals surface area contributed by atoms with E-state index < -0.39 is 8.24 Å². The Balaban J connectivity index is -0.000000178. The maximum absolute atomic E-state index is 4.16. The van der Waals surface area contributed by atoms with Gasteiger partial charge in [0.2, 0.25) is 0 Å². The van der Waals surface area contributed by atoms with Crippen molar-refractivity contribution in [1.82, 2.24) is 0 Å². The van der Waals surface area contributed by atoms with E-state index in [-0.39, 0.29) is 33.6 Å². The van der Waals surface area contributed by atoms with Crippen molar-refractivity contribution >= 4 is 8.24 Å². The fourth-order valence-corrected chi connectivity index (χ4v) is 0.642. The van der Waals surface area contributed by atoms with Crippen LogP contribution in [-0.2, 0) is 26.2 Å². The fraction of sp³-hybridized carbons (Fsp3) is 0.267. The summed E-state index contributed by atoms with van der Waals surface area (Å²) in [6.07, 6.45) is 20.0. The first-order valence-electron chi connectivity index (χ1n) is 5.50. The van der Waals surface area contributed by atoms with Crippen molar-refractivity contribution in [3.8, 4) is 0 Å². The Morgan fingerprint density at radius 1 is 0.611 bits per heavy atom. The summed E-state index contributed by atoms with van der Waals surface area (Å²) in [5, 5.41) is 0. The second-order valence-corrected chi connectivity index (χ2v) is 9.11. The minimum Gasteiger partial charge on any atom is -0.668 e. The molecule has 0 bridgehead atoms. The van der Waals surface area contributed by atoms with Gasteiger partial charge in [-0.05, 0) is 64.2 Å². The summed E-state index contributed by atoms with van der Waals surface area (Å²) in [6.45, 7) is 6.65. The standard InChI is InChI=1S/2C5H5.C4H12NSi.CH3.Zr/c2*1-2-4-5-3-1;1-5-6(2,3)4;;/h2*1-5H;1-4H3;1H3;/q;;2*-1;+2. The first kappa shape index (κ1) is 24.1. The number of hydrogen-bond acceptors (Lipinski definition) is 0. The zero-order valence-electron chi connectivity index (χ0n) is 12.2. The number of rotatable bonds is 1. The predicted octanol–water partition coefficient (Wildman–Crippen LogP) is 4.32. The van der Waals surface area contributed by atoms with E-state index in [1.807, 2.05) is 71.3 Å². The molecule has 10 radical (unpaired) electrons. The van der Waals surface area contributed by atoms with Gasteiger partial charge < -0.3 is 12.4 Å². The first-order valence-corrected chi connectivity index (χ1v) is 8.95. The number of hydrogen-bond donors (Lipinski definition) is 0. The van der Waals surface area contributed by atoms with E-state index >= 15 is 0 Å². The van der Waals surface area contributed by atoms with E-state index in [0.717, 1.165) is 0 Å². The third-order valence-corrected chi connectivity index (χ3v) is 3.12. The van der Waals surface area contributed by atoms with Gasteiger partial charge in [-0.25, -0.2) is 0 Å². The zero-order valence-corrected chi connectivity index (χ0v) is 15.7. The molecule has 2 aliphatic rings. The van der Waals surface area contributed by atoms with Crippen LogP contribution in [0.25, 0.3) is 4.98 Å². The van der Waals surface area contributed by atoms with Crippen molar-refractivity contribution in [1.29, 1.82) is 0 Å². The molecule has 98 valence electrons. The molecule has 0 aromatic carbocycles. The quantitative estimate of drug-likeness (QED) is 0.499. The Bertz CT molecular complexity index is 113. The molecule has 0 aliphatic heterocycles. The summed E-state index contributed by atoms with van der Waals surface area (Å²) < 4.78 is 0. The average Bonchev–Trinajstić information content (AvgIpc) is 2.95. The molecule has 18 heavy (non-hydrogen) atoms. The van der Waals surface area contributed by atoms with Crippen LogP contribution in [0.5, 0.6) is 0 Å². The van der Waals surface area contributed by atoms with Gasteiger partial charge >= 0.3 is 26.2 Å². The molecule has 0 aromatic rings. The maximum Gasteiger partial charge on any atom is 2.00 e. The van der Waals surface area contributed by atoms with Crippen molar-refractivity contribution in [3.63, 3.8) is 0 Å². The Morgan fingerprint density at radius 2 is 0.722 bits per heavy atom. The number of nitrogens with zero attached hydrogens (tertiary/aromatic N) is 1. The SMILES string of the molecule is C[N-][Si](C)(C)C.[CH3-].[CH]1[CH][CH][CH][CH]1.[CH]1[CH][CH][CH][CH]1.[Zr+2]. The van der Waals surface area contributed by atoms with Crippen molar-refractivity contribution in [2.45, 2.75) is 19.6 Å². The molecule has 3 heteroatoms. The zero-order chi connectivity index (χ0) is 12.3. The molecule has 0 heterocycles. The molecule has 2 fully saturated rings. The van der Waals surface area contributed by atoms with Crippen LogP contribution < -0.4 is 0 Å². The summed E-state index contributed by atoms with van der Waals surface area (Å²) >= 11 is 0. The molecule has 0 atom stereocenters. The smallest absolute Gasteiger partial charge is 0.668 e. The van der Waals surface area contributed by atoms with Crippen LogP contribution in [0.3, 0.4) is 0 Å². The molecule has 2 rings (SSSR count). The third kappa shape index (κ3) is 22.3. The first-order chi connectivity index (χ1) is 7.56. The molecule has 0 N–H and O–H groups in total. The minimum atomic E-state index is -1.01. The molecule has 0 amide bonds. The van der Waals surface area contributed by atoms with Crippen LogP contribution in [-0.4, -0.2) is 15.3 Å². The molecule has 1 nitrogen and oxygen atoms in total. The molecular weight excluding hydrogens is 313 g/mol. The van der Waals surface area contributed by atoms with E-state index in [1.165, 1.54) is 0 Å². The normalized spacial score (nSPS) is 17.3. The van der Waals surface area contributed by atoms with E-state index in [4.69, 9.17) is 0 Å². The topological polar surface area (TPSA) is 14.1 Å². The van der Waals surface area contributed by atoms with Crippen molar-refractivity contribution in [3.05, 3.63) is 76.6 Å². The summed E-state index contributed by atoms with van der Waals surface area (Å²) in [5.74, 6) is 0. The monoisotopic (exact) mass is 337 g/mol. The van der Waals surface area contributed by atoms with Gasteiger partial charge in [0.1, 0.15) is 0 Å². The predicted molar refractivity (Wildman–Crippen MR) is 82.0 cm³/mol. The van der Waals surface area contributed by atoms with Gasteiger partial charge in [-0.2, -0.15) is 7.05 Å². The van der Waals surface area contributed by atoms with Gasteiger partial charge in [0.05, 0.1) is 0 Å². The second kappa shape index (κ2) is 16.1. The molecule has 2 saturated carbocycles. The summed E-state index contributed by atoms with van der Waals surface area (Å²) in [5.41, 5.74) is 0. The van der Waals surface area contributed by atoms with Gasteiger partial charge in [-0.3, -0.25) is 0 Å². The fourth-order valence-electron chi connectivity index (χ4n) is 0.642. The van der Waals surface area contributed by atoms with Crippen LogP contribution in [0.1, 0.15) is 0 Å². The van der Waals surface area contributed by atoms with E-state index in [9.17, 15) is 0 Å². The Morgan fingerprint density at radius 3 is 0.778 bits per heavy atom. The van der Waals surface area contributed by atoms with Gasteiger partial charge in [0.25, 0.3) is 0 Å². The van der Waals surface area contributed by atoms with Gasteiger partial charge in [-0.1, -0.05) is 27.9 Å². The van der Waals surface area contributed by atoms with Crippen molar-refractivity contribution in [2.75, 3.05) is 7.05 Å². The van der Waals surface area contributed by atoms with Gasteiger partial charge in [-0.15, -0.1) is 0 Å². The van der Waals surface area contributed by atoms with E-state index in [1.54, 1.807) is 0 Å². The van der Waals surface area contributed by atoms with Crippen LogP contribution in [0.2, 0.25) is 19.6 Å². The Labute approximate surface area is 137 Å². The van der Waals surface area contributed by atoms with Crippen LogP contribution >= 0.6 is 0 Å². The Hall–Kier alpha value is 1.06. The van der Waals surface area contributed by atoms with Gasteiger partial charge in [0.15, 0.2) is 0 Å². The Kier molecular flexibility index (Phi) is 21.6. The summed E-state index contributed by atoms with van der Waals surface area (Å²) in [7, 11) is 0.889. The van der Waals surface area contributed by atoms with Gasteiger partial charge in [0, 0.05) is 0 Å². The second-order valence-electron chi connectivity index (χ2n) is 4.32. The van der Waals surface area contributed by atoms with E-state index in [2.05, 4.69) is 24.6 Å². The van der Waals surface area contributed by atoms with Crippen molar-refractivity contribution < 1.29 is 26.2 Å². The van der Waals surface area contributed by atoms with Crippen LogP contribution in [0, 0.1) is 71.6 Å². The third-order valence-electron chi connectivity index (χ3n) is 1.78. The molecule has 0 aromatic heterocycles. The average molecular weight is 339 g/mol. The van der Waals surface area contributed by atoms with Crippen LogP contribution in [0.4, 0.5) is 0 Å². The molecule has 0 unspecified atom stereocenters. The summed E-state index contributed by atoms with van der Waals surface area (Å²) in [6, 6.07) is 0. The molecule has 0 saturated heterocycles. The molecule has 0 spiro atoms. The molecule has 2 aliphatic carbocycles. The largest absolute Gasteiger partial charge is 2.00 e. The maximum atomic E-state index is 4.16. The van der Waals surface area contributed by atoms with Crippen molar-refractivity contribution in [2.24, 2.45) is 0 Å². The molecular formula is C15H25NSiZr.